The quantitative estimate of drug-likeness (QED) is 0.0195. The minimum atomic E-state index is -4.65. The van der Waals surface area contributed by atoms with Gasteiger partial charge in [0.2, 0.25) is 0 Å². The molecule has 0 bridgehead atoms. The molecule has 0 saturated carbocycles. The average Bonchev–Trinajstić information content (AvgIpc) is 3.60. The Morgan fingerprint density at radius 3 is 0.909 bits per heavy atom. The summed E-state index contributed by atoms with van der Waals surface area (Å²) < 4.78 is 34.3. The summed E-state index contributed by atoms with van der Waals surface area (Å²) in [5, 5.41) is 0. The first kappa shape index (κ1) is 84.7. The van der Waals surface area contributed by atoms with Crippen LogP contribution < -0.4 is 4.89 Å². The number of hydrogen-bond donors (Lipinski definition) is 0. The lowest BCUT2D eigenvalue weighted by molar-refractivity contribution is -0.870. The first-order valence-electron chi connectivity index (χ1n) is 36.6. The molecule has 0 saturated heterocycles. The number of carbonyl (C=O) groups is 2. The number of phosphoric ester groups is 1. The molecule has 0 aliphatic carbocycles. The second kappa shape index (κ2) is 68.0. The summed E-state index contributed by atoms with van der Waals surface area (Å²) in [6.07, 6.45) is 96.1. The zero-order valence-electron chi connectivity index (χ0n) is 57.9. The smallest absolute Gasteiger partial charge is 0.306 e. The number of allylic oxidation sites excluding steroid dienone is 18. The molecule has 0 spiro atoms. The fourth-order valence-electron chi connectivity index (χ4n) is 10.3. The summed E-state index contributed by atoms with van der Waals surface area (Å²) >= 11 is 0. The summed E-state index contributed by atoms with van der Waals surface area (Å²) in [5.41, 5.74) is 0. The van der Waals surface area contributed by atoms with Crippen molar-refractivity contribution in [3.05, 3.63) is 109 Å². The molecule has 0 N–H and O–H groups in total. The molecule has 88 heavy (non-hydrogen) atoms. The van der Waals surface area contributed by atoms with Crippen LogP contribution in [0.3, 0.4) is 0 Å². The molecular formula is C78H138NO8P. The average molecular weight is 1250 g/mol. The number of nitrogens with zero attached hydrogens (tertiary/aromatic N) is 1. The van der Waals surface area contributed by atoms with E-state index in [9.17, 15) is 19.0 Å². The van der Waals surface area contributed by atoms with Crippen molar-refractivity contribution in [1.82, 2.24) is 0 Å². The number of quaternary nitrogens is 1. The molecule has 0 aliphatic heterocycles. The van der Waals surface area contributed by atoms with Gasteiger partial charge < -0.3 is 27.9 Å². The number of rotatable bonds is 67. The highest BCUT2D eigenvalue weighted by atomic mass is 31.2. The molecule has 0 aromatic carbocycles. The maximum Gasteiger partial charge on any atom is 0.306 e. The highest BCUT2D eigenvalue weighted by Gasteiger charge is 2.22. The second-order valence-electron chi connectivity index (χ2n) is 25.5. The van der Waals surface area contributed by atoms with Crippen LogP contribution in [0.2, 0.25) is 0 Å². The van der Waals surface area contributed by atoms with E-state index in [0.717, 1.165) is 103 Å². The number of likely N-dealkylation sites (N-methyl/N-ethyl adjacent to an activating group) is 1. The van der Waals surface area contributed by atoms with Crippen molar-refractivity contribution >= 4 is 19.8 Å². The maximum atomic E-state index is 12.9. The zero-order valence-corrected chi connectivity index (χ0v) is 58.8. The predicted octanol–water partition coefficient (Wildman–Crippen LogP) is 23.4. The number of carbonyl (C=O) groups excluding carboxylic acids is 2. The van der Waals surface area contributed by atoms with Gasteiger partial charge in [0, 0.05) is 12.8 Å². The van der Waals surface area contributed by atoms with E-state index < -0.39 is 26.5 Å². The molecule has 10 heteroatoms. The first-order chi connectivity index (χ1) is 43.0. The monoisotopic (exact) mass is 1250 g/mol. The molecule has 0 fully saturated rings. The minimum absolute atomic E-state index is 0.0337. The zero-order chi connectivity index (χ0) is 64.1. The van der Waals surface area contributed by atoms with Crippen molar-refractivity contribution in [3.8, 4) is 0 Å². The van der Waals surface area contributed by atoms with E-state index >= 15 is 0 Å². The van der Waals surface area contributed by atoms with Gasteiger partial charge in [-0.2, -0.15) is 0 Å². The third kappa shape index (κ3) is 71.7. The van der Waals surface area contributed by atoms with Crippen molar-refractivity contribution in [3.63, 3.8) is 0 Å². The molecule has 0 aromatic rings. The van der Waals surface area contributed by atoms with Gasteiger partial charge in [-0.25, -0.2) is 0 Å². The number of esters is 2. The summed E-state index contributed by atoms with van der Waals surface area (Å²) in [5.74, 6) is -0.827. The molecule has 2 unspecified atom stereocenters. The van der Waals surface area contributed by atoms with Gasteiger partial charge in [0.05, 0.1) is 27.7 Å². The Labute approximate surface area is 544 Å². The van der Waals surface area contributed by atoms with Gasteiger partial charge in [0.15, 0.2) is 6.10 Å². The van der Waals surface area contributed by atoms with E-state index in [1.807, 2.05) is 21.1 Å². The van der Waals surface area contributed by atoms with Crippen LogP contribution in [0.4, 0.5) is 0 Å². The number of hydrogen-bond acceptors (Lipinski definition) is 8. The lowest BCUT2D eigenvalue weighted by Gasteiger charge is -2.28. The van der Waals surface area contributed by atoms with Gasteiger partial charge in [-0.15, -0.1) is 0 Å². The summed E-state index contributed by atoms with van der Waals surface area (Å²) in [6, 6.07) is 0. The molecule has 0 amide bonds. The van der Waals surface area contributed by atoms with E-state index in [0.29, 0.717) is 17.4 Å². The number of unbranched alkanes of at least 4 members (excludes halogenated alkanes) is 35. The van der Waals surface area contributed by atoms with Crippen LogP contribution in [0.25, 0.3) is 0 Å². The van der Waals surface area contributed by atoms with Crippen LogP contribution in [-0.2, 0) is 32.7 Å². The Morgan fingerprint density at radius 2 is 0.614 bits per heavy atom. The molecule has 0 rings (SSSR count). The third-order valence-electron chi connectivity index (χ3n) is 15.8. The molecule has 0 aromatic heterocycles. The number of phosphoric acid groups is 1. The van der Waals surface area contributed by atoms with E-state index in [2.05, 4.69) is 123 Å². The van der Waals surface area contributed by atoms with E-state index in [-0.39, 0.29) is 32.0 Å². The summed E-state index contributed by atoms with van der Waals surface area (Å²) in [7, 11) is 1.17. The van der Waals surface area contributed by atoms with E-state index in [4.69, 9.17) is 18.5 Å². The van der Waals surface area contributed by atoms with Crippen LogP contribution in [0.1, 0.15) is 322 Å². The fraction of sp³-hybridized carbons (Fsp3) is 0.744. The van der Waals surface area contributed by atoms with Gasteiger partial charge in [0.25, 0.3) is 7.82 Å². The Morgan fingerprint density at radius 1 is 0.352 bits per heavy atom. The lowest BCUT2D eigenvalue weighted by atomic mass is 10.0. The maximum absolute atomic E-state index is 12.9. The highest BCUT2D eigenvalue weighted by molar-refractivity contribution is 7.45. The highest BCUT2D eigenvalue weighted by Crippen LogP contribution is 2.38. The largest absolute Gasteiger partial charge is 0.756 e. The third-order valence-corrected chi connectivity index (χ3v) is 16.8. The van der Waals surface area contributed by atoms with E-state index in [1.54, 1.807) is 0 Å². The molecule has 508 valence electrons. The molecule has 2 atom stereocenters. The Kier molecular flexibility index (Phi) is 65.5. The van der Waals surface area contributed by atoms with Crippen LogP contribution in [0, 0.1) is 0 Å². The van der Waals surface area contributed by atoms with Crippen molar-refractivity contribution in [1.29, 1.82) is 0 Å². The Bertz CT molecular complexity index is 1850. The normalized spacial score (nSPS) is 13.8. The molecule has 0 aliphatic rings. The van der Waals surface area contributed by atoms with Gasteiger partial charge >= 0.3 is 11.9 Å². The van der Waals surface area contributed by atoms with Gasteiger partial charge in [0.1, 0.15) is 19.8 Å². The second-order valence-corrected chi connectivity index (χ2v) is 27.0. The Hall–Kier alpha value is -3.33. The van der Waals surface area contributed by atoms with Crippen LogP contribution in [-0.4, -0.2) is 70.0 Å². The molecule has 0 radical (unpaired) electrons. The van der Waals surface area contributed by atoms with Crippen molar-refractivity contribution in [2.24, 2.45) is 0 Å². The van der Waals surface area contributed by atoms with Crippen molar-refractivity contribution < 1.29 is 42.1 Å². The van der Waals surface area contributed by atoms with Crippen LogP contribution in [0.15, 0.2) is 109 Å². The number of ether oxygens (including phenoxy) is 2. The van der Waals surface area contributed by atoms with E-state index in [1.165, 1.54) is 186 Å². The fourth-order valence-corrected chi connectivity index (χ4v) is 11.0. The standard InChI is InChI=1S/C78H138NO8P/c1-6-8-10-12-14-16-18-20-22-24-26-28-30-32-34-35-36-37-38-39-40-41-42-43-45-46-48-50-52-54-56-58-60-62-64-66-68-70-77(80)84-74-76(75-86-88(82,83)85-73-72-79(3,4)5)87-78(81)71-69-67-65-63-61-59-57-55-53-51-49-47-44-33-31-29-27-25-23-21-19-17-15-13-11-9-7-2/h8-11,14-17,20-23,26-29,33,44,76H,6-7,12-13,18-19,24-25,30-32,34-43,45-75H2,1-5H3/b10-8-,11-9-,16-14-,17-15-,22-20-,23-21-,28-26-,29-27-,44-33-. The molecule has 0 heterocycles. The van der Waals surface area contributed by atoms with Crippen molar-refractivity contribution in [2.75, 3.05) is 47.5 Å². The summed E-state index contributed by atoms with van der Waals surface area (Å²) in [6.45, 7) is 4.04. The van der Waals surface area contributed by atoms with Gasteiger partial charge in [-0.1, -0.05) is 322 Å². The van der Waals surface area contributed by atoms with Crippen molar-refractivity contribution in [2.45, 2.75) is 328 Å². The Balaban J connectivity index is 3.97. The first-order valence-corrected chi connectivity index (χ1v) is 38.1. The summed E-state index contributed by atoms with van der Waals surface area (Å²) in [4.78, 5) is 38.1. The van der Waals surface area contributed by atoms with Gasteiger partial charge in [-0.05, 0) is 96.3 Å². The molecular weight excluding hydrogens is 1110 g/mol. The minimum Gasteiger partial charge on any atom is -0.756 e. The lowest BCUT2D eigenvalue weighted by Crippen LogP contribution is -2.37. The van der Waals surface area contributed by atoms with Gasteiger partial charge in [-0.3, -0.25) is 14.2 Å². The topological polar surface area (TPSA) is 111 Å². The molecule has 9 nitrogen and oxygen atoms in total. The SMILES string of the molecule is CC/C=C\C/C=C\C/C=C\C/C=C\C/C=C\CCCCCCCCCCCCCC(=O)OC(COC(=O)CCCCCCCCCCCCCCCCCCCCCCCCCC/C=C\C/C=C\C/C=C\C/C=C\CC)COP(=O)([O-])OCC[N+](C)(C)C. The van der Waals surface area contributed by atoms with Crippen LogP contribution in [0.5, 0.6) is 0 Å². The van der Waals surface area contributed by atoms with Crippen LogP contribution >= 0.6 is 7.82 Å². The predicted molar refractivity (Wildman–Crippen MR) is 378 cm³/mol.